The van der Waals surface area contributed by atoms with Crippen molar-refractivity contribution in [3.63, 3.8) is 0 Å². The molecule has 0 aliphatic heterocycles. The molecule has 4 aliphatic rings. The molecule has 5 nitrogen and oxygen atoms in total. The number of rotatable bonds is 5. The van der Waals surface area contributed by atoms with E-state index in [0.29, 0.717) is 24.9 Å². The van der Waals surface area contributed by atoms with E-state index in [1.165, 1.54) is 29.3 Å². The van der Waals surface area contributed by atoms with E-state index in [-0.39, 0.29) is 22.7 Å². The largest absolute Gasteiger partial charge is 0.411 e. The second kappa shape index (κ2) is 9.09. The minimum absolute atomic E-state index is 0.00760. The molecule has 0 spiro atoms. The fourth-order valence-electron chi connectivity index (χ4n) is 8.00. The van der Waals surface area contributed by atoms with Crippen LogP contribution in [0.25, 0.3) is 0 Å². The fraction of sp³-hybridized carbons (Fsp3) is 0.586. The number of methoxy groups -OCH3 is 2. The van der Waals surface area contributed by atoms with Crippen LogP contribution in [0.5, 0.6) is 0 Å². The predicted molar refractivity (Wildman–Crippen MR) is 132 cm³/mol. The molecule has 0 saturated heterocycles. The quantitative estimate of drug-likeness (QED) is 0.340. The van der Waals surface area contributed by atoms with E-state index in [4.69, 9.17) is 14.7 Å². The molecule has 2 fully saturated rings. The number of hydrogen-bond donors (Lipinski definition) is 1. The average Bonchev–Trinajstić information content (AvgIpc) is 2.84. The molecule has 0 amide bonds. The van der Waals surface area contributed by atoms with Crippen LogP contribution in [0.15, 0.2) is 52.2 Å². The van der Waals surface area contributed by atoms with Gasteiger partial charge in [0.2, 0.25) is 0 Å². The highest BCUT2D eigenvalue weighted by Gasteiger charge is 2.61. The highest BCUT2D eigenvalue weighted by Crippen LogP contribution is 2.65. The van der Waals surface area contributed by atoms with Crippen LogP contribution in [0.4, 0.5) is 0 Å². The topological polar surface area (TPSA) is 68.1 Å². The van der Waals surface area contributed by atoms with Crippen LogP contribution in [-0.4, -0.2) is 43.6 Å². The summed E-state index contributed by atoms with van der Waals surface area (Å²) in [5, 5.41) is 12.1. The van der Waals surface area contributed by atoms with Crippen LogP contribution in [0.3, 0.4) is 0 Å². The van der Waals surface area contributed by atoms with Crippen LogP contribution in [-0.2, 0) is 14.3 Å². The van der Waals surface area contributed by atoms with Crippen molar-refractivity contribution in [2.75, 3.05) is 20.8 Å². The number of allylic oxidation sites excluding steroid dienone is 4. The monoisotopic (exact) mass is 463 g/mol. The highest BCUT2D eigenvalue weighted by atomic mass is 16.5. The van der Waals surface area contributed by atoms with Gasteiger partial charge >= 0.3 is 0 Å². The van der Waals surface area contributed by atoms with Crippen molar-refractivity contribution in [1.29, 1.82) is 0 Å². The van der Waals surface area contributed by atoms with E-state index in [0.717, 1.165) is 44.1 Å². The summed E-state index contributed by atoms with van der Waals surface area (Å²) in [6.07, 6.45) is 11.4. The number of ether oxygens (including phenoxy) is 2. The molecule has 2 unspecified atom stereocenters. The fourth-order valence-corrected chi connectivity index (χ4v) is 8.00. The molecule has 0 bridgehead atoms. The summed E-state index contributed by atoms with van der Waals surface area (Å²) in [6.45, 7) is 3.07. The molecular weight excluding hydrogens is 426 g/mol. The Morgan fingerprint density at radius 3 is 2.65 bits per heavy atom. The third-order valence-corrected chi connectivity index (χ3v) is 9.57. The van der Waals surface area contributed by atoms with Gasteiger partial charge in [0.1, 0.15) is 0 Å². The van der Waals surface area contributed by atoms with Crippen molar-refractivity contribution in [3.8, 4) is 0 Å². The molecule has 0 heterocycles. The SMILES string of the molecule is COC[C@]1(OC)CCCC2C3CCC4=CC(=O)CCC4=C3[C@@H](c3ccc(/C=N/O)cc3)C[C@@]21C. The highest BCUT2D eigenvalue weighted by molar-refractivity contribution is 5.93. The van der Waals surface area contributed by atoms with E-state index < -0.39 is 0 Å². The zero-order chi connectivity index (χ0) is 23.9. The second-order valence-electron chi connectivity index (χ2n) is 10.9. The summed E-state index contributed by atoms with van der Waals surface area (Å²) in [7, 11) is 3.66. The summed E-state index contributed by atoms with van der Waals surface area (Å²) in [4.78, 5) is 12.2. The molecule has 5 rings (SSSR count). The number of ketones is 1. The van der Waals surface area contributed by atoms with Crippen LogP contribution in [0, 0.1) is 17.3 Å². The maximum Gasteiger partial charge on any atom is 0.156 e. The Morgan fingerprint density at radius 1 is 1.15 bits per heavy atom. The Morgan fingerprint density at radius 2 is 1.94 bits per heavy atom. The molecule has 4 aliphatic carbocycles. The zero-order valence-corrected chi connectivity index (χ0v) is 20.7. The zero-order valence-electron chi connectivity index (χ0n) is 20.7. The Hall–Kier alpha value is -2.24. The number of fused-ring (bicyclic) bond motifs is 4. The lowest BCUT2D eigenvalue weighted by Gasteiger charge is -2.62. The van der Waals surface area contributed by atoms with Gasteiger partial charge in [0.05, 0.1) is 18.4 Å². The van der Waals surface area contributed by atoms with E-state index in [1.807, 2.05) is 25.3 Å². The lowest BCUT2D eigenvalue weighted by molar-refractivity contribution is -0.203. The Labute approximate surface area is 202 Å². The molecule has 2 saturated carbocycles. The average molecular weight is 464 g/mol. The summed E-state index contributed by atoms with van der Waals surface area (Å²) < 4.78 is 12.2. The molecule has 5 atom stereocenters. The van der Waals surface area contributed by atoms with Crippen molar-refractivity contribution in [3.05, 3.63) is 58.2 Å². The molecule has 0 aromatic heterocycles. The van der Waals surface area contributed by atoms with E-state index in [1.54, 1.807) is 12.7 Å². The minimum Gasteiger partial charge on any atom is -0.411 e. The molecule has 1 aromatic carbocycles. The number of carbonyl (C=O) groups is 1. The molecule has 1 N–H and O–H groups in total. The van der Waals surface area contributed by atoms with Gasteiger partial charge in [-0.2, -0.15) is 0 Å². The molecule has 0 radical (unpaired) electrons. The number of nitrogens with zero attached hydrogens (tertiary/aromatic N) is 1. The normalized spacial score (nSPS) is 35.6. The molecular formula is C29H37NO4. The Kier molecular flexibility index (Phi) is 6.28. The summed E-state index contributed by atoms with van der Waals surface area (Å²) >= 11 is 0. The molecule has 1 aromatic rings. The number of carbonyl (C=O) groups excluding carboxylic acids is 1. The van der Waals surface area contributed by atoms with Gasteiger partial charge in [-0.05, 0) is 78.7 Å². The van der Waals surface area contributed by atoms with Crippen molar-refractivity contribution >= 4 is 12.0 Å². The van der Waals surface area contributed by atoms with Crippen LogP contribution < -0.4 is 0 Å². The Bertz CT molecular complexity index is 1030. The molecule has 5 heteroatoms. The number of oxime groups is 1. The van der Waals surface area contributed by atoms with Gasteiger partial charge in [0.15, 0.2) is 5.78 Å². The lowest BCUT2D eigenvalue weighted by Crippen LogP contribution is -2.61. The van der Waals surface area contributed by atoms with Crippen molar-refractivity contribution in [2.45, 2.75) is 69.8 Å². The van der Waals surface area contributed by atoms with Crippen molar-refractivity contribution in [1.82, 2.24) is 0 Å². The van der Waals surface area contributed by atoms with Gasteiger partial charge in [-0.3, -0.25) is 4.79 Å². The third-order valence-electron chi connectivity index (χ3n) is 9.57. The minimum atomic E-state index is -0.290. The van der Waals surface area contributed by atoms with Gasteiger partial charge < -0.3 is 14.7 Å². The lowest BCUT2D eigenvalue weighted by atomic mass is 9.45. The van der Waals surface area contributed by atoms with Gasteiger partial charge in [0, 0.05) is 32.0 Å². The van der Waals surface area contributed by atoms with E-state index in [9.17, 15) is 4.79 Å². The number of hydrogen-bond acceptors (Lipinski definition) is 5. The standard InChI is InChI=1S/C29H37NO4/c1-28-16-25(20-8-6-19(7-9-20)17-30-32)27-23-13-11-22(31)15-21(23)10-12-24(27)26(28)5-4-14-29(28,34-3)18-33-2/h6-9,15,17,24-26,32H,4-5,10-14,16,18H2,1-3H3/b30-17+/t24?,25-,26?,28+,29-/m1/s1. The maximum absolute atomic E-state index is 12.2. The van der Waals surface area contributed by atoms with Crippen molar-refractivity contribution < 1.29 is 19.5 Å². The van der Waals surface area contributed by atoms with Crippen molar-refractivity contribution in [2.24, 2.45) is 22.4 Å². The predicted octanol–water partition coefficient (Wildman–Crippen LogP) is 5.82. The van der Waals surface area contributed by atoms with Crippen LogP contribution >= 0.6 is 0 Å². The Balaban J connectivity index is 1.67. The molecule has 34 heavy (non-hydrogen) atoms. The summed E-state index contributed by atoms with van der Waals surface area (Å²) in [6, 6.07) is 8.45. The van der Waals surface area contributed by atoms with Gasteiger partial charge in [-0.1, -0.05) is 48.3 Å². The van der Waals surface area contributed by atoms with Gasteiger partial charge in [-0.25, -0.2) is 0 Å². The first-order chi connectivity index (χ1) is 16.5. The second-order valence-corrected chi connectivity index (χ2v) is 10.9. The summed E-state index contributed by atoms with van der Waals surface area (Å²) in [5.74, 6) is 1.62. The maximum atomic E-state index is 12.2. The van der Waals surface area contributed by atoms with E-state index in [2.05, 4.69) is 24.2 Å². The van der Waals surface area contributed by atoms with Crippen LogP contribution in [0.1, 0.15) is 75.3 Å². The first-order valence-corrected chi connectivity index (χ1v) is 12.7. The first-order valence-electron chi connectivity index (χ1n) is 12.7. The molecule has 182 valence electrons. The summed E-state index contributed by atoms with van der Waals surface area (Å²) in [5.41, 5.74) is 6.22. The van der Waals surface area contributed by atoms with E-state index >= 15 is 0 Å². The van der Waals surface area contributed by atoms with Crippen LogP contribution in [0.2, 0.25) is 0 Å². The first kappa shape index (κ1) is 23.5. The van der Waals surface area contributed by atoms with Gasteiger partial charge in [-0.15, -0.1) is 0 Å². The number of benzene rings is 1. The van der Waals surface area contributed by atoms with Gasteiger partial charge in [0.25, 0.3) is 0 Å². The smallest absolute Gasteiger partial charge is 0.156 e. The third kappa shape index (κ3) is 3.59.